The number of hydrogen-bond acceptors (Lipinski definition) is 4. The first-order chi connectivity index (χ1) is 9.72. The molecule has 1 unspecified atom stereocenters. The van der Waals surface area contributed by atoms with Gasteiger partial charge in [0.1, 0.15) is 0 Å². The molecule has 0 bridgehead atoms. The molecule has 0 aliphatic heterocycles. The fourth-order valence-corrected chi connectivity index (χ4v) is 2.36. The quantitative estimate of drug-likeness (QED) is 0.850. The molecular weight excluding hydrogens is 276 g/mol. The van der Waals surface area contributed by atoms with E-state index in [4.69, 9.17) is 22.1 Å². The van der Waals surface area contributed by atoms with Gasteiger partial charge in [0.25, 0.3) is 0 Å². The monoisotopic (exact) mass is 294 g/mol. The van der Waals surface area contributed by atoms with Gasteiger partial charge in [-0.1, -0.05) is 17.7 Å². The van der Waals surface area contributed by atoms with E-state index in [9.17, 15) is 0 Å². The average molecular weight is 295 g/mol. The van der Waals surface area contributed by atoms with Gasteiger partial charge < -0.3 is 10.5 Å². The molecular formula is C14H19ClN4O. The van der Waals surface area contributed by atoms with Gasteiger partial charge in [-0.2, -0.15) is 5.10 Å². The van der Waals surface area contributed by atoms with Crippen LogP contribution in [-0.2, 0) is 17.7 Å². The van der Waals surface area contributed by atoms with E-state index in [0.717, 1.165) is 24.2 Å². The summed E-state index contributed by atoms with van der Waals surface area (Å²) in [4.78, 5) is 4.30. The van der Waals surface area contributed by atoms with Gasteiger partial charge >= 0.3 is 0 Å². The second-order valence-corrected chi connectivity index (χ2v) is 4.97. The third-order valence-corrected chi connectivity index (χ3v) is 3.42. The van der Waals surface area contributed by atoms with Crippen LogP contribution < -0.4 is 5.73 Å². The van der Waals surface area contributed by atoms with Gasteiger partial charge in [-0.05, 0) is 25.0 Å². The first-order valence-electron chi connectivity index (χ1n) is 6.58. The summed E-state index contributed by atoms with van der Waals surface area (Å²) in [6.07, 6.45) is 5.01. The molecule has 20 heavy (non-hydrogen) atoms. The highest BCUT2D eigenvalue weighted by Gasteiger charge is 2.16. The normalized spacial score (nSPS) is 12.6. The predicted molar refractivity (Wildman–Crippen MR) is 78.6 cm³/mol. The maximum atomic E-state index is 6.25. The van der Waals surface area contributed by atoms with E-state index >= 15 is 0 Å². The largest absolute Gasteiger partial charge is 0.383 e. The maximum absolute atomic E-state index is 6.25. The highest BCUT2D eigenvalue weighted by molar-refractivity contribution is 6.31. The molecule has 6 heteroatoms. The minimum atomic E-state index is -0.163. The van der Waals surface area contributed by atoms with Gasteiger partial charge in [0.05, 0.1) is 30.1 Å². The van der Waals surface area contributed by atoms with Crippen LogP contribution in [0.15, 0.2) is 30.6 Å². The molecule has 2 aromatic heterocycles. The standard InChI is InChI=1S/C14H19ClN4O/c1-20-9-8-19-14(12(15)10-18-19)13(16)6-5-11-4-2-3-7-17-11/h2-4,7,10,13H,5-6,8-9,16H2,1H3. The lowest BCUT2D eigenvalue weighted by atomic mass is 10.1. The van der Waals surface area contributed by atoms with Crippen molar-refractivity contribution in [3.8, 4) is 0 Å². The van der Waals surface area contributed by atoms with Gasteiger partial charge in [0.2, 0.25) is 0 Å². The average Bonchev–Trinajstić information content (AvgIpc) is 2.84. The van der Waals surface area contributed by atoms with E-state index in [-0.39, 0.29) is 6.04 Å². The minimum Gasteiger partial charge on any atom is -0.383 e. The predicted octanol–water partition coefficient (Wildman–Crippen LogP) is 2.21. The van der Waals surface area contributed by atoms with Crippen LogP contribution in [0.5, 0.6) is 0 Å². The molecule has 2 rings (SSSR count). The van der Waals surface area contributed by atoms with Crippen molar-refractivity contribution in [1.29, 1.82) is 0 Å². The summed E-state index contributed by atoms with van der Waals surface area (Å²) in [6, 6.07) is 5.71. The van der Waals surface area contributed by atoms with Crippen LogP contribution in [0.2, 0.25) is 5.02 Å². The molecule has 0 radical (unpaired) electrons. The molecule has 2 heterocycles. The van der Waals surface area contributed by atoms with Crippen molar-refractivity contribution in [1.82, 2.24) is 14.8 Å². The Balaban J connectivity index is 2.01. The number of nitrogens with zero attached hydrogens (tertiary/aromatic N) is 3. The highest BCUT2D eigenvalue weighted by Crippen LogP contribution is 2.24. The van der Waals surface area contributed by atoms with E-state index in [2.05, 4.69) is 10.1 Å². The first kappa shape index (κ1) is 15.0. The lowest BCUT2D eigenvalue weighted by molar-refractivity contribution is 0.182. The Morgan fingerprint density at radius 2 is 2.30 bits per heavy atom. The zero-order valence-electron chi connectivity index (χ0n) is 11.5. The zero-order valence-corrected chi connectivity index (χ0v) is 12.3. The summed E-state index contributed by atoms with van der Waals surface area (Å²) in [5.74, 6) is 0. The summed E-state index contributed by atoms with van der Waals surface area (Å²) in [5, 5.41) is 4.84. The lowest BCUT2D eigenvalue weighted by Gasteiger charge is -2.14. The van der Waals surface area contributed by atoms with Crippen molar-refractivity contribution in [3.05, 3.63) is 47.0 Å². The summed E-state index contributed by atoms with van der Waals surface area (Å²) in [5.41, 5.74) is 8.14. The Morgan fingerprint density at radius 1 is 1.45 bits per heavy atom. The third kappa shape index (κ3) is 3.79. The molecule has 1 atom stereocenters. The molecule has 0 spiro atoms. The maximum Gasteiger partial charge on any atom is 0.0834 e. The van der Waals surface area contributed by atoms with E-state index < -0.39 is 0 Å². The molecule has 0 fully saturated rings. The minimum absolute atomic E-state index is 0.163. The molecule has 0 saturated heterocycles. The van der Waals surface area contributed by atoms with Crippen LogP contribution in [-0.4, -0.2) is 28.5 Å². The molecule has 2 N–H and O–H groups in total. The summed E-state index contributed by atoms with van der Waals surface area (Å²) in [7, 11) is 1.66. The van der Waals surface area contributed by atoms with E-state index in [1.807, 2.05) is 22.9 Å². The van der Waals surface area contributed by atoms with Crippen LogP contribution in [0.3, 0.4) is 0 Å². The Morgan fingerprint density at radius 3 is 3.00 bits per heavy atom. The highest BCUT2D eigenvalue weighted by atomic mass is 35.5. The number of halogens is 1. The number of hydrogen-bond donors (Lipinski definition) is 1. The molecule has 0 saturated carbocycles. The molecule has 0 aliphatic rings. The van der Waals surface area contributed by atoms with Crippen molar-refractivity contribution in [2.75, 3.05) is 13.7 Å². The Hall–Kier alpha value is -1.43. The smallest absolute Gasteiger partial charge is 0.0834 e. The van der Waals surface area contributed by atoms with Gasteiger partial charge in [-0.15, -0.1) is 0 Å². The van der Waals surface area contributed by atoms with Crippen LogP contribution in [0, 0.1) is 0 Å². The van der Waals surface area contributed by atoms with Crippen LogP contribution in [0.25, 0.3) is 0 Å². The number of aryl methyl sites for hydroxylation is 1. The molecule has 2 aromatic rings. The third-order valence-electron chi connectivity index (χ3n) is 3.13. The second-order valence-electron chi connectivity index (χ2n) is 4.56. The van der Waals surface area contributed by atoms with E-state index in [1.165, 1.54) is 0 Å². The van der Waals surface area contributed by atoms with Gasteiger partial charge in [0.15, 0.2) is 0 Å². The summed E-state index contributed by atoms with van der Waals surface area (Å²) < 4.78 is 6.88. The van der Waals surface area contributed by atoms with Crippen LogP contribution in [0.4, 0.5) is 0 Å². The van der Waals surface area contributed by atoms with Crippen LogP contribution in [0.1, 0.15) is 23.9 Å². The topological polar surface area (TPSA) is 66.0 Å². The number of nitrogens with two attached hydrogens (primary N) is 1. The van der Waals surface area contributed by atoms with Gasteiger partial charge in [-0.3, -0.25) is 9.67 Å². The summed E-state index contributed by atoms with van der Waals surface area (Å²) >= 11 is 6.18. The number of rotatable bonds is 7. The Labute approximate surface area is 123 Å². The number of ether oxygens (including phenoxy) is 1. The number of methoxy groups -OCH3 is 1. The first-order valence-corrected chi connectivity index (χ1v) is 6.95. The van der Waals surface area contributed by atoms with E-state index in [0.29, 0.717) is 18.2 Å². The molecule has 0 aromatic carbocycles. The van der Waals surface area contributed by atoms with Crippen LogP contribution >= 0.6 is 11.6 Å². The van der Waals surface area contributed by atoms with Gasteiger partial charge in [0, 0.05) is 25.0 Å². The van der Waals surface area contributed by atoms with Crippen molar-refractivity contribution < 1.29 is 4.74 Å². The Kier molecular flexibility index (Phi) is 5.52. The number of pyridine rings is 1. The molecule has 108 valence electrons. The fourth-order valence-electron chi connectivity index (χ4n) is 2.08. The SMILES string of the molecule is COCCn1ncc(Cl)c1C(N)CCc1ccccn1. The summed E-state index contributed by atoms with van der Waals surface area (Å²) in [6.45, 7) is 1.23. The molecule has 0 amide bonds. The lowest BCUT2D eigenvalue weighted by Crippen LogP contribution is -2.19. The van der Waals surface area contributed by atoms with Crippen molar-refractivity contribution in [2.45, 2.75) is 25.4 Å². The van der Waals surface area contributed by atoms with Crippen molar-refractivity contribution in [3.63, 3.8) is 0 Å². The zero-order chi connectivity index (χ0) is 14.4. The van der Waals surface area contributed by atoms with Gasteiger partial charge in [-0.25, -0.2) is 0 Å². The molecule has 5 nitrogen and oxygen atoms in total. The number of aromatic nitrogens is 3. The van der Waals surface area contributed by atoms with E-state index in [1.54, 1.807) is 19.5 Å². The second kappa shape index (κ2) is 7.38. The fraction of sp³-hybridized carbons (Fsp3) is 0.429. The Bertz CT molecular complexity index is 529. The van der Waals surface area contributed by atoms with Crippen molar-refractivity contribution >= 4 is 11.6 Å². The molecule has 0 aliphatic carbocycles. The van der Waals surface area contributed by atoms with Crippen molar-refractivity contribution in [2.24, 2.45) is 5.73 Å².